The molecule has 0 saturated heterocycles. The first-order chi connectivity index (χ1) is 16.8. The van der Waals surface area contributed by atoms with Crippen molar-refractivity contribution >= 4 is 23.7 Å². The van der Waals surface area contributed by atoms with Crippen molar-refractivity contribution in [2.75, 3.05) is 18.5 Å². The lowest BCUT2D eigenvalue weighted by molar-refractivity contribution is -0.137. The van der Waals surface area contributed by atoms with Crippen LogP contribution in [0.2, 0.25) is 0 Å². The molecule has 180 valence electrons. The Labute approximate surface area is 204 Å². The zero-order valence-electron chi connectivity index (χ0n) is 19.7. The molecule has 7 heteroatoms. The van der Waals surface area contributed by atoms with Gasteiger partial charge in [0.2, 0.25) is 0 Å². The molecule has 0 unspecified atom stereocenters. The van der Waals surface area contributed by atoms with E-state index >= 15 is 0 Å². The van der Waals surface area contributed by atoms with Gasteiger partial charge < -0.3 is 14.7 Å². The number of anilines is 1. The highest BCUT2D eigenvalue weighted by Gasteiger charge is 2.29. The summed E-state index contributed by atoms with van der Waals surface area (Å²) in [6.07, 6.45) is -0.746. The van der Waals surface area contributed by atoms with Gasteiger partial charge in [0.1, 0.15) is 6.61 Å². The number of fused-ring (bicyclic) bond motifs is 3. The molecule has 0 saturated carbocycles. The fourth-order valence-corrected chi connectivity index (χ4v) is 4.46. The molecule has 1 aliphatic rings. The van der Waals surface area contributed by atoms with Crippen LogP contribution in [0.4, 0.5) is 10.5 Å². The molecule has 2 N–H and O–H groups in total. The minimum Gasteiger partial charge on any atom is -0.481 e. The first-order valence-electron chi connectivity index (χ1n) is 11.6. The van der Waals surface area contributed by atoms with Crippen LogP contribution < -0.4 is 5.32 Å². The fourth-order valence-electron chi connectivity index (χ4n) is 4.46. The Morgan fingerprint density at radius 2 is 1.57 bits per heavy atom. The van der Waals surface area contributed by atoms with E-state index in [4.69, 9.17) is 9.84 Å². The number of nitrogens with zero attached hydrogens (tertiary/aromatic N) is 1. The van der Waals surface area contributed by atoms with Gasteiger partial charge in [0.25, 0.3) is 5.91 Å². The first kappa shape index (κ1) is 24.0. The van der Waals surface area contributed by atoms with Gasteiger partial charge in [-0.1, -0.05) is 54.6 Å². The van der Waals surface area contributed by atoms with Crippen LogP contribution in [0.15, 0.2) is 72.8 Å². The Morgan fingerprint density at radius 3 is 2.17 bits per heavy atom. The number of hydrogen-bond acceptors (Lipinski definition) is 4. The Bertz CT molecular complexity index is 1210. The van der Waals surface area contributed by atoms with Crippen molar-refractivity contribution in [3.05, 3.63) is 89.5 Å². The quantitative estimate of drug-likeness (QED) is 0.459. The molecule has 0 bridgehead atoms. The van der Waals surface area contributed by atoms with Crippen molar-refractivity contribution in [3.63, 3.8) is 0 Å². The summed E-state index contributed by atoms with van der Waals surface area (Å²) < 4.78 is 5.58. The zero-order valence-corrected chi connectivity index (χ0v) is 19.7. The molecule has 4 rings (SSSR count). The van der Waals surface area contributed by atoms with E-state index in [9.17, 15) is 14.4 Å². The summed E-state index contributed by atoms with van der Waals surface area (Å²) in [6, 6.07) is 22.6. The SMILES string of the molecule is CC(C)N(CCC(=O)O)C(=O)c1cccc(NC(=O)OCC2c3ccccc3-c3ccccc32)c1. The average Bonchev–Trinajstić information content (AvgIpc) is 3.16. The average molecular weight is 473 g/mol. The lowest BCUT2D eigenvalue weighted by Gasteiger charge is -2.26. The van der Waals surface area contributed by atoms with Gasteiger partial charge >= 0.3 is 12.1 Å². The van der Waals surface area contributed by atoms with Crippen molar-refractivity contribution in [3.8, 4) is 11.1 Å². The Kier molecular flexibility index (Phi) is 7.15. The number of amides is 2. The van der Waals surface area contributed by atoms with Crippen LogP contribution in [-0.4, -0.2) is 47.2 Å². The van der Waals surface area contributed by atoms with Gasteiger partial charge in [-0.25, -0.2) is 4.79 Å². The summed E-state index contributed by atoms with van der Waals surface area (Å²) >= 11 is 0. The summed E-state index contributed by atoms with van der Waals surface area (Å²) in [5.41, 5.74) is 5.35. The maximum absolute atomic E-state index is 13.0. The van der Waals surface area contributed by atoms with Crippen LogP contribution in [-0.2, 0) is 9.53 Å². The largest absolute Gasteiger partial charge is 0.481 e. The molecule has 0 radical (unpaired) electrons. The molecule has 1 aliphatic carbocycles. The van der Waals surface area contributed by atoms with Gasteiger partial charge in [-0.05, 0) is 54.3 Å². The number of aliphatic carboxylic acids is 1. The first-order valence-corrected chi connectivity index (χ1v) is 11.6. The number of carbonyl (C=O) groups excluding carboxylic acids is 2. The number of carboxylic acids is 1. The van der Waals surface area contributed by atoms with Gasteiger partial charge in [0.05, 0.1) is 6.42 Å². The van der Waals surface area contributed by atoms with E-state index in [2.05, 4.69) is 29.6 Å². The summed E-state index contributed by atoms with van der Waals surface area (Å²) in [5.74, 6) is -1.30. The number of ether oxygens (including phenoxy) is 1. The Balaban J connectivity index is 1.42. The smallest absolute Gasteiger partial charge is 0.411 e. The number of benzene rings is 3. The molecule has 0 spiro atoms. The maximum atomic E-state index is 13.0. The second-order valence-corrected chi connectivity index (χ2v) is 8.77. The normalized spacial score (nSPS) is 12.1. The summed E-state index contributed by atoms with van der Waals surface area (Å²) in [5, 5.41) is 11.7. The second kappa shape index (κ2) is 10.4. The zero-order chi connectivity index (χ0) is 24.9. The summed E-state index contributed by atoms with van der Waals surface area (Å²) in [6.45, 7) is 3.96. The molecule has 0 aromatic heterocycles. The van der Waals surface area contributed by atoms with E-state index < -0.39 is 12.1 Å². The molecule has 3 aromatic rings. The van der Waals surface area contributed by atoms with Crippen molar-refractivity contribution in [1.82, 2.24) is 4.90 Å². The minimum absolute atomic E-state index is 0.0464. The van der Waals surface area contributed by atoms with Crippen molar-refractivity contribution in [2.45, 2.75) is 32.2 Å². The highest BCUT2D eigenvalue weighted by Crippen LogP contribution is 2.44. The van der Waals surface area contributed by atoms with Gasteiger partial charge in [-0.3, -0.25) is 14.9 Å². The number of rotatable bonds is 8. The van der Waals surface area contributed by atoms with E-state index in [0.717, 1.165) is 22.3 Å². The van der Waals surface area contributed by atoms with Crippen molar-refractivity contribution in [2.24, 2.45) is 0 Å². The van der Waals surface area contributed by atoms with Gasteiger partial charge in [0, 0.05) is 29.8 Å². The van der Waals surface area contributed by atoms with E-state index in [1.807, 2.05) is 38.1 Å². The van der Waals surface area contributed by atoms with Crippen molar-refractivity contribution in [1.29, 1.82) is 0 Å². The number of carboxylic acid groups (broad SMARTS) is 1. The molecule has 7 nitrogen and oxygen atoms in total. The molecule has 0 aliphatic heterocycles. The third kappa shape index (κ3) is 5.35. The molecule has 3 aromatic carbocycles. The van der Waals surface area contributed by atoms with E-state index in [0.29, 0.717) is 11.3 Å². The highest BCUT2D eigenvalue weighted by molar-refractivity contribution is 5.96. The monoisotopic (exact) mass is 472 g/mol. The molecule has 0 fully saturated rings. The van der Waals surface area contributed by atoms with E-state index in [-0.39, 0.29) is 37.4 Å². The van der Waals surface area contributed by atoms with Gasteiger partial charge in [-0.2, -0.15) is 0 Å². The maximum Gasteiger partial charge on any atom is 0.411 e. The molecule has 0 atom stereocenters. The predicted molar refractivity (Wildman–Crippen MR) is 134 cm³/mol. The molecule has 0 heterocycles. The standard InChI is InChI=1S/C28H28N2O5/c1-18(2)30(15-14-26(31)32)27(33)19-8-7-9-20(16-19)29-28(34)35-17-25-23-12-5-3-10-21(23)22-11-4-6-13-24(22)25/h3-13,16,18,25H,14-15,17H2,1-2H3,(H,29,34)(H,31,32). The lowest BCUT2D eigenvalue weighted by Crippen LogP contribution is -2.38. The molecular formula is C28H28N2O5. The number of nitrogens with one attached hydrogen (secondary N) is 1. The number of hydrogen-bond donors (Lipinski definition) is 2. The van der Waals surface area contributed by atoms with Crippen LogP contribution in [0.3, 0.4) is 0 Å². The molecule has 35 heavy (non-hydrogen) atoms. The summed E-state index contributed by atoms with van der Waals surface area (Å²) in [4.78, 5) is 38.0. The fraction of sp³-hybridized carbons (Fsp3) is 0.250. The topological polar surface area (TPSA) is 95.9 Å². The third-order valence-electron chi connectivity index (χ3n) is 6.15. The highest BCUT2D eigenvalue weighted by atomic mass is 16.5. The van der Waals surface area contributed by atoms with Gasteiger partial charge in [0.15, 0.2) is 0 Å². The minimum atomic E-state index is -0.964. The van der Waals surface area contributed by atoms with Crippen molar-refractivity contribution < 1.29 is 24.2 Å². The number of carbonyl (C=O) groups is 3. The molecular weight excluding hydrogens is 444 g/mol. The van der Waals surface area contributed by atoms with Crippen LogP contribution in [0.5, 0.6) is 0 Å². The third-order valence-corrected chi connectivity index (χ3v) is 6.15. The Morgan fingerprint density at radius 1 is 0.943 bits per heavy atom. The summed E-state index contributed by atoms with van der Waals surface area (Å²) in [7, 11) is 0. The lowest BCUT2D eigenvalue weighted by atomic mass is 9.98. The van der Waals surface area contributed by atoms with Crippen LogP contribution in [0, 0.1) is 0 Å². The van der Waals surface area contributed by atoms with E-state index in [1.165, 1.54) is 4.90 Å². The van der Waals surface area contributed by atoms with Gasteiger partial charge in [-0.15, -0.1) is 0 Å². The Hall–Kier alpha value is -4.13. The van der Waals surface area contributed by atoms with Crippen LogP contribution in [0.1, 0.15) is 47.7 Å². The van der Waals surface area contributed by atoms with Crippen LogP contribution >= 0.6 is 0 Å². The van der Waals surface area contributed by atoms with Crippen LogP contribution in [0.25, 0.3) is 11.1 Å². The van der Waals surface area contributed by atoms with E-state index in [1.54, 1.807) is 24.3 Å². The molecule has 2 amide bonds. The predicted octanol–water partition coefficient (Wildman–Crippen LogP) is 5.37. The second-order valence-electron chi connectivity index (χ2n) is 8.77.